The molecule has 0 saturated heterocycles. The lowest BCUT2D eigenvalue weighted by Crippen LogP contribution is -1.89. The molecule has 0 unspecified atom stereocenters. The van der Waals surface area contributed by atoms with Gasteiger partial charge in [-0.2, -0.15) is 0 Å². The van der Waals surface area contributed by atoms with Gasteiger partial charge in [-0.15, -0.1) is 0 Å². The van der Waals surface area contributed by atoms with E-state index in [1.165, 1.54) is 0 Å². The molecule has 0 spiro atoms. The Kier molecular flexibility index (Phi) is 3.82. The lowest BCUT2D eigenvalue weighted by molar-refractivity contribution is 0.415. The largest absolute Gasteiger partial charge is 0.497 e. The highest BCUT2D eigenvalue weighted by Crippen LogP contribution is 2.19. The molecule has 2 rings (SSSR count). The zero-order valence-corrected chi connectivity index (χ0v) is 10.9. The fraction of sp³-hybridized carbons (Fsp3) is 0.267. The van der Waals surface area contributed by atoms with Gasteiger partial charge in [0, 0.05) is 6.21 Å². The highest BCUT2D eigenvalue weighted by Gasteiger charge is 2.06. The number of methoxy groups -OCH3 is 1. The third-order valence-electron chi connectivity index (χ3n) is 2.74. The Morgan fingerprint density at radius 2 is 1.89 bits per heavy atom. The first kappa shape index (κ1) is 12.4. The Morgan fingerprint density at radius 1 is 1.17 bits per heavy atom. The van der Waals surface area contributed by atoms with Crippen LogP contribution in [0.15, 0.2) is 45.8 Å². The smallest absolute Gasteiger partial charge is 0.128 e. The van der Waals surface area contributed by atoms with Crippen molar-refractivity contribution in [3.63, 3.8) is 0 Å². The molecule has 0 aliphatic carbocycles. The minimum absolute atomic E-state index is 0.0285. The van der Waals surface area contributed by atoms with Gasteiger partial charge in [0.2, 0.25) is 0 Å². The number of aryl methyl sites for hydroxylation is 1. The first-order valence-corrected chi connectivity index (χ1v) is 5.92. The normalized spacial score (nSPS) is 12.8. The summed E-state index contributed by atoms with van der Waals surface area (Å²) in [6.45, 7) is 3.95. The fourth-order valence-electron chi connectivity index (χ4n) is 1.64. The molecule has 3 nitrogen and oxygen atoms in total. The van der Waals surface area contributed by atoms with Gasteiger partial charge in [0.1, 0.15) is 23.3 Å². The van der Waals surface area contributed by atoms with Gasteiger partial charge in [-0.1, -0.05) is 0 Å². The molecule has 0 radical (unpaired) electrons. The highest BCUT2D eigenvalue weighted by atomic mass is 16.5. The van der Waals surface area contributed by atoms with E-state index in [0.717, 1.165) is 22.8 Å². The maximum absolute atomic E-state index is 5.54. The van der Waals surface area contributed by atoms with Crippen LogP contribution < -0.4 is 4.74 Å². The molecule has 18 heavy (non-hydrogen) atoms. The molecule has 0 amide bonds. The topological polar surface area (TPSA) is 34.7 Å². The maximum atomic E-state index is 5.54. The minimum atomic E-state index is 0.0285. The molecule has 3 heteroatoms. The molecule has 0 N–H and O–H groups in total. The van der Waals surface area contributed by atoms with Crippen molar-refractivity contribution in [1.82, 2.24) is 0 Å². The second-order valence-corrected chi connectivity index (χ2v) is 4.18. The first-order chi connectivity index (χ1) is 8.69. The van der Waals surface area contributed by atoms with Crippen LogP contribution in [0.2, 0.25) is 0 Å². The average molecular weight is 243 g/mol. The van der Waals surface area contributed by atoms with Crippen molar-refractivity contribution in [3.05, 3.63) is 53.5 Å². The molecule has 0 saturated carbocycles. The predicted octanol–water partition coefficient (Wildman–Crippen LogP) is 3.78. The van der Waals surface area contributed by atoms with E-state index in [1.54, 1.807) is 7.11 Å². The van der Waals surface area contributed by atoms with E-state index in [-0.39, 0.29) is 6.04 Å². The van der Waals surface area contributed by atoms with Crippen LogP contribution in [-0.2, 0) is 0 Å². The quantitative estimate of drug-likeness (QED) is 0.766. The predicted molar refractivity (Wildman–Crippen MR) is 72.4 cm³/mol. The van der Waals surface area contributed by atoms with Crippen molar-refractivity contribution >= 4 is 6.21 Å². The van der Waals surface area contributed by atoms with Gasteiger partial charge in [-0.05, 0) is 55.8 Å². The van der Waals surface area contributed by atoms with E-state index >= 15 is 0 Å². The van der Waals surface area contributed by atoms with Crippen LogP contribution in [0, 0.1) is 6.92 Å². The molecular formula is C15H17NO2. The van der Waals surface area contributed by atoms with E-state index in [0.29, 0.717) is 0 Å². The summed E-state index contributed by atoms with van der Waals surface area (Å²) in [5.41, 5.74) is 1.05. The minimum Gasteiger partial charge on any atom is -0.497 e. The van der Waals surface area contributed by atoms with Gasteiger partial charge in [0.05, 0.1) is 7.11 Å². The highest BCUT2D eigenvalue weighted by molar-refractivity contribution is 5.79. The molecule has 1 heterocycles. The van der Waals surface area contributed by atoms with Crippen LogP contribution in [0.25, 0.3) is 0 Å². The maximum Gasteiger partial charge on any atom is 0.128 e. The molecule has 94 valence electrons. The van der Waals surface area contributed by atoms with Crippen molar-refractivity contribution in [1.29, 1.82) is 0 Å². The van der Waals surface area contributed by atoms with E-state index in [9.17, 15) is 0 Å². The molecule has 0 bridgehead atoms. The zero-order chi connectivity index (χ0) is 13.0. The Bertz CT molecular complexity index is 526. The summed E-state index contributed by atoms with van der Waals surface area (Å²) in [5.74, 6) is 2.65. The SMILES string of the molecule is COc1ccc(C=N[C@@H](C)c2ccc(C)o2)cc1. The standard InChI is InChI=1S/C15H17NO2/c1-11-4-9-15(18-11)12(2)16-10-13-5-7-14(17-3)8-6-13/h4-10,12H,1-3H3/t12-/m0/s1. The Hall–Kier alpha value is -2.03. The van der Waals surface area contributed by atoms with Crippen molar-refractivity contribution in [3.8, 4) is 5.75 Å². The first-order valence-electron chi connectivity index (χ1n) is 5.92. The summed E-state index contributed by atoms with van der Waals surface area (Å²) in [6.07, 6.45) is 1.85. The monoisotopic (exact) mass is 243 g/mol. The molecule has 0 aliphatic rings. The Balaban J connectivity index is 2.05. The van der Waals surface area contributed by atoms with Gasteiger partial charge in [0.15, 0.2) is 0 Å². The van der Waals surface area contributed by atoms with Crippen LogP contribution in [0.5, 0.6) is 5.75 Å². The van der Waals surface area contributed by atoms with E-state index in [4.69, 9.17) is 9.15 Å². The molecular weight excluding hydrogens is 226 g/mol. The lowest BCUT2D eigenvalue weighted by Gasteiger charge is -2.02. The van der Waals surface area contributed by atoms with Crippen molar-refractivity contribution in [2.24, 2.45) is 4.99 Å². The number of furan rings is 1. The van der Waals surface area contributed by atoms with Gasteiger partial charge < -0.3 is 9.15 Å². The number of hydrogen-bond donors (Lipinski definition) is 0. The molecule has 2 aromatic rings. The van der Waals surface area contributed by atoms with E-state index < -0.39 is 0 Å². The third-order valence-corrected chi connectivity index (χ3v) is 2.74. The van der Waals surface area contributed by atoms with Gasteiger partial charge in [-0.3, -0.25) is 4.99 Å². The van der Waals surface area contributed by atoms with Gasteiger partial charge in [-0.25, -0.2) is 0 Å². The fourth-order valence-corrected chi connectivity index (χ4v) is 1.64. The summed E-state index contributed by atoms with van der Waals surface area (Å²) < 4.78 is 10.6. The zero-order valence-electron chi connectivity index (χ0n) is 10.9. The lowest BCUT2D eigenvalue weighted by atomic mass is 10.2. The van der Waals surface area contributed by atoms with Crippen LogP contribution in [0.3, 0.4) is 0 Å². The third kappa shape index (κ3) is 3.00. The number of nitrogens with zero attached hydrogens (tertiary/aromatic N) is 1. The average Bonchev–Trinajstić information content (AvgIpc) is 2.83. The summed E-state index contributed by atoms with van der Waals surface area (Å²) >= 11 is 0. The van der Waals surface area contributed by atoms with E-state index in [2.05, 4.69) is 4.99 Å². The van der Waals surface area contributed by atoms with Crippen molar-refractivity contribution in [2.45, 2.75) is 19.9 Å². The van der Waals surface area contributed by atoms with E-state index in [1.807, 2.05) is 56.5 Å². The van der Waals surface area contributed by atoms with Crippen LogP contribution >= 0.6 is 0 Å². The summed E-state index contributed by atoms with van der Waals surface area (Å²) in [4.78, 5) is 4.47. The van der Waals surface area contributed by atoms with Crippen molar-refractivity contribution in [2.75, 3.05) is 7.11 Å². The summed E-state index contributed by atoms with van der Waals surface area (Å²) in [6, 6.07) is 11.7. The number of aliphatic imine (C=N–C) groups is 1. The Morgan fingerprint density at radius 3 is 2.44 bits per heavy atom. The van der Waals surface area contributed by atoms with Crippen molar-refractivity contribution < 1.29 is 9.15 Å². The Labute approximate surface area is 107 Å². The second kappa shape index (κ2) is 5.54. The molecule has 0 fully saturated rings. The number of hydrogen-bond acceptors (Lipinski definition) is 3. The van der Waals surface area contributed by atoms with Gasteiger partial charge in [0.25, 0.3) is 0 Å². The second-order valence-electron chi connectivity index (χ2n) is 4.18. The van der Waals surface area contributed by atoms with Crippen LogP contribution in [0.4, 0.5) is 0 Å². The molecule has 1 aromatic heterocycles. The number of benzene rings is 1. The molecule has 1 atom stereocenters. The summed E-state index contributed by atoms with van der Waals surface area (Å²) in [5, 5.41) is 0. The molecule has 1 aromatic carbocycles. The van der Waals surface area contributed by atoms with Gasteiger partial charge >= 0.3 is 0 Å². The van der Waals surface area contributed by atoms with Crippen LogP contribution in [0.1, 0.15) is 30.0 Å². The number of rotatable bonds is 4. The number of ether oxygens (including phenoxy) is 1. The van der Waals surface area contributed by atoms with Crippen LogP contribution in [-0.4, -0.2) is 13.3 Å². The summed E-state index contributed by atoms with van der Waals surface area (Å²) in [7, 11) is 1.66. The molecule has 0 aliphatic heterocycles.